The number of aromatic nitrogens is 4. The van der Waals surface area contributed by atoms with Crippen molar-refractivity contribution in [2.45, 2.75) is 19.8 Å². The molecule has 32 heavy (non-hydrogen) atoms. The van der Waals surface area contributed by atoms with Gasteiger partial charge in [0, 0.05) is 61.1 Å². The van der Waals surface area contributed by atoms with E-state index in [-0.39, 0.29) is 0 Å². The van der Waals surface area contributed by atoms with E-state index in [9.17, 15) is 0 Å². The molecule has 0 aliphatic carbocycles. The van der Waals surface area contributed by atoms with Crippen LogP contribution in [0.4, 0.5) is 11.5 Å². The highest BCUT2D eigenvalue weighted by Gasteiger charge is 2.14. The molecule has 5 rings (SSSR count). The molecule has 0 bridgehead atoms. The van der Waals surface area contributed by atoms with Gasteiger partial charge in [0.25, 0.3) is 0 Å². The zero-order valence-electron chi connectivity index (χ0n) is 18.4. The van der Waals surface area contributed by atoms with Crippen LogP contribution in [0.1, 0.15) is 18.5 Å². The fourth-order valence-corrected chi connectivity index (χ4v) is 4.10. The Labute approximate surface area is 188 Å². The van der Waals surface area contributed by atoms with Crippen molar-refractivity contribution in [3.8, 4) is 33.9 Å². The minimum Gasteiger partial charge on any atom is -0.373 e. The van der Waals surface area contributed by atoms with Gasteiger partial charge in [0.1, 0.15) is 11.5 Å². The molecule has 6 nitrogen and oxygen atoms in total. The third-order valence-corrected chi connectivity index (χ3v) is 5.78. The fourth-order valence-electron chi connectivity index (χ4n) is 4.10. The smallest absolute Gasteiger partial charge is 0.180 e. The van der Waals surface area contributed by atoms with Crippen LogP contribution in [0.5, 0.6) is 0 Å². The largest absolute Gasteiger partial charge is 0.373 e. The highest BCUT2D eigenvalue weighted by Crippen LogP contribution is 2.30. The van der Waals surface area contributed by atoms with Gasteiger partial charge in [0.15, 0.2) is 5.82 Å². The molecule has 0 radical (unpaired) electrons. The van der Waals surface area contributed by atoms with Crippen molar-refractivity contribution in [1.29, 1.82) is 0 Å². The molecule has 0 spiro atoms. The van der Waals surface area contributed by atoms with Crippen LogP contribution in [0.3, 0.4) is 0 Å². The fraction of sp³-hybridized carbons (Fsp3) is 0.231. The highest BCUT2D eigenvalue weighted by atomic mass is 15.1. The molecule has 1 aromatic carbocycles. The number of hydrogen-bond acceptors (Lipinski definition) is 6. The lowest BCUT2D eigenvalue weighted by molar-refractivity contribution is 0.949. The standard InChI is InChI=1S/C26H26N6/c1-18-7-5-10-23(29-18)26-30-24(15-25(27-2)31-26)21-13-20(16-28-17-21)19-8-6-9-22(14-19)32-11-3-4-12-32/h5-10,13-17H,3-4,11-12H2,1-2H3,(H,27,30,31). The Balaban J connectivity index is 1.53. The van der Waals surface area contributed by atoms with Gasteiger partial charge in [-0.25, -0.2) is 15.0 Å². The predicted molar refractivity (Wildman–Crippen MR) is 130 cm³/mol. The van der Waals surface area contributed by atoms with E-state index in [2.05, 4.69) is 55.5 Å². The first kappa shape index (κ1) is 20.1. The van der Waals surface area contributed by atoms with E-state index in [1.807, 2.05) is 50.6 Å². The summed E-state index contributed by atoms with van der Waals surface area (Å²) in [5.41, 5.74) is 6.96. The summed E-state index contributed by atoms with van der Waals surface area (Å²) < 4.78 is 0. The van der Waals surface area contributed by atoms with Crippen LogP contribution in [0.25, 0.3) is 33.9 Å². The van der Waals surface area contributed by atoms with E-state index in [4.69, 9.17) is 4.98 Å². The first-order chi connectivity index (χ1) is 15.7. The normalized spacial score (nSPS) is 13.4. The number of rotatable bonds is 5. The first-order valence-electron chi connectivity index (χ1n) is 11.0. The Morgan fingerprint density at radius 2 is 1.59 bits per heavy atom. The molecule has 0 atom stereocenters. The Bertz CT molecular complexity index is 1250. The third kappa shape index (κ3) is 4.17. The maximum atomic E-state index is 4.82. The molecule has 6 heteroatoms. The number of pyridine rings is 2. The number of nitrogens with zero attached hydrogens (tertiary/aromatic N) is 5. The highest BCUT2D eigenvalue weighted by molar-refractivity contribution is 5.74. The van der Waals surface area contributed by atoms with Crippen LogP contribution in [0.2, 0.25) is 0 Å². The third-order valence-electron chi connectivity index (χ3n) is 5.78. The first-order valence-corrected chi connectivity index (χ1v) is 11.0. The second-order valence-corrected chi connectivity index (χ2v) is 8.08. The Hall–Kier alpha value is -3.80. The van der Waals surface area contributed by atoms with Crippen LogP contribution >= 0.6 is 0 Å². The van der Waals surface area contributed by atoms with Crippen molar-refractivity contribution in [2.24, 2.45) is 0 Å². The summed E-state index contributed by atoms with van der Waals surface area (Å²) in [6, 6.07) is 18.7. The summed E-state index contributed by atoms with van der Waals surface area (Å²) in [7, 11) is 1.86. The molecule has 0 amide bonds. The second kappa shape index (κ2) is 8.75. The van der Waals surface area contributed by atoms with Crippen LogP contribution < -0.4 is 10.2 Å². The molecule has 0 unspecified atom stereocenters. The van der Waals surface area contributed by atoms with Crippen LogP contribution in [-0.2, 0) is 0 Å². The van der Waals surface area contributed by atoms with E-state index in [0.29, 0.717) is 5.82 Å². The maximum Gasteiger partial charge on any atom is 0.180 e. The summed E-state index contributed by atoms with van der Waals surface area (Å²) in [4.78, 5) is 21.0. The van der Waals surface area contributed by atoms with Crippen LogP contribution in [0.15, 0.2) is 67.0 Å². The van der Waals surface area contributed by atoms with Crippen LogP contribution in [-0.4, -0.2) is 40.1 Å². The Morgan fingerprint density at radius 1 is 0.781 bits per heavy atom. The van der Waals surface area contributed by atoms with E-state index < -0.39 is 0 Å². The molecular weight excluding hydrogens is 396 g/mol. The minimum atomic E-state index is 0.594. The Kier molecular flexibility index (Phi) is 5.50. The predicted octanol–water partition coefficient (Wildman–Crippen LogP) is 5.22. The molecule has 1 aliphatic heterocycles. The molecular formula is C26H26N6. The van der Waals surface area contributed by atoms with E-state index in [1.165, 1.54) is 18.5 Å². The summed E-state index contributed by atoms with van der Waals surface area (Å²) in [6.07, 6.45) is 6.29. The van der Waals surface area contributed by atoms with E-state index in [1.54, 1.807) is 0 Å². The van der Waals surface area contributed by atoms with Gasteiger partial charge in [-0.15, -0.1) is 0 Å². The molecule has 1 N–H and O–H groups in total. The van der Waals surface area contributed by atoms with Gasteiger partial charge >= 0.3 is 0 Å². The van der Waals surface area contributed by atoms with Gasteiger partial charge in [-0.2, -0.15) is 0 Å². The number of nitrogens with one attached hydrogen (secondary N) is 1. The summed E-state index contributed by atoms with van der Waals surface area (Å²) in [5.74, 6) is 1.34. The van der Waals surface area contributed by atoms with Gasteiger partial charge in [-0.05, 0) is 55.7 Å². The zero-order valence-corrected chi connectivity index (χ0v) is 18.4. The van der Waals surface area contributed by atoms with Gasteiger partial charge in [-0.1, -0.05) is 18.2 Å². The summed E-state index contributed by atoms with van der Waals surface area (Å²) in [6.45, 7) is 4.23. The van der Waals surface area contributed by atoms with Gasteiger partial charge in [0.05, 0.1) is 5.69 Å². The molecule has 1 fully saturated rings. The average molecular weight is 423 g/mol. The quantitative estimate of drug-likeness (QED) is 0.476. The SMILES string of the molecule is CNc1cc(-c2cncc(-c3cccc(N4CCCC4)c3)c2)nc(-c2cccc(C)n2)n1. The summed E-state index contributed by atoms with van der Waals surface area (Å²) >= 11 is 0. The van der Waals surface area contributed by atoms with Crippen molar-refractivity contribution in [1.82, 2.24) is 19.9 Å². The van der Waals surface area contributed by atoms with Gasteiger partial charge in [0.2, 0.25) is 0 Å². The average Bonchev–Trinajstić information content (AvgIpc) is 3.39. The lowest BCUT2D eigenvalue weighted by Crippen LogP contribution is -2.17. The van der Waals surface area contributed by atoms with Crippen molar-refractivity contribution in [3.63, 3.8) is 0 Å². The molecule has 4 heterocycles. The molecule has 3 aromatic heterocycles. The van der Waals surface area contributed by atoms with E-state index >= 15 is 0 Å². The topological polar surface area (TPSA) is 66.8 Å². The lowest BCUT2D eigenvalue weighted by atomic mass is 10.0. The zero-order chi connectivity index (χ0) is 21.9. The number of anilines is 2. The maximum absolute atomic E-state index is 4.82. The Morgan fingerprint density at radius 3 is 2.41 bits per heavy atom. The minimum absolute atomic E-state index is 0.594. The summed E-state index contributed by atoms with van der Waals surface area (Å²) in [5, 5.41) is 3.14. The second-order valence-electron chi connectivity index (χ2n) is 8.08. The van der Waals surface area contributed by atoms with Crippen molar-refractivity contribution in [2.75, 3.05) is 30.4 Å². The van der Waals surface area contributed by atoms with Crippen molar-refractivity contribution >= 4 is 11.5 Å². The van der Waals surface area contributed by atoms with Gasteiger partial charge < -0.3 is 10.2 Å². The molecule has 160 valence electrons. The molecule has 4 aromatic rings. The van der Waals surface area contributed by atoms with Gasteiger partial charge in [-0.3, -0.25) is 4.98 Å². The van der Waals surface area contributed by atoms with E-state index in [0.717, 1.165) is 52.7 Å². The van der Waals surface area contributed by atoms with Crippen molar-refractivity contribution in [3.05, 3.63) is 72.7 Å². The van der Waals surface area contributed by atoms with Crippen molar-refractivity contribution < 1.29 is 0 Å². The lowest BCUT2D eigenvalue weighted by Gasteiger charge is -2.18. The number of benzene rings is 1. The molecule has 1 aliphatic rings. The van der Waals surface area contributed by atoms with Crippen LogP contribution in [0, 0.1) is 6.92 Å². The molecule has 1 saturated heterocycles. The monoisotopic (exact) mass is 422 g/mol. The number of hydrogen-bond donors (Lipinski definition) is 1. The molecule has 0 saturated carbocycles. The number of aryl methyl sites for hydroxylation is 1.